The van der Waals surface area contributed by atoms with E-state index in [1.54, 1.807) is 12.1 Å². The monoisotopic (exact) mass is 898 g/mol. The summed E-state index contributed by atoms with van der Waals surface area (Å²) in [7, 11) is 0. The number of phenols is 1. The van der Waals surface area contributed by atoms with Crippen LogP contribution in [0.5, 0.6) is 5.75 Å². The second kappa shape index (κ2) is 16.4. The molecule has 1 amide bonds. The highest BCUT2D eigenvalue weighted by atomic mass is 16.5. The molecule has 0 bridgehead atoms. The van der Waals surface area contributed by atoms with Crippen LogP contribution in [0.4, 0.5) is 0 Å². The summed E-state index contributed by atoms with van der Waals surface area (Å²) >= 11 is 0. The molecule has 9 heteroatoms. The molecule has 7 aliphatic rings. The zero-order chi connectivity index (χ0) is 46.6. The lowest BCUT2D eigenvalue weighted by Gasteiger charge is -2.73. The topological polar surface area (TPSA) is 122 Å². The van der Waals surface area contributed by atoms with Crippen molar-refractivity contribution in [2.24, 2.45) is 74.4 Å². The highest BCUT2D eigenvalue weighted by Gasteiger charge is 2.72. The molecule has 6 saturated carbocycles. The predicted octanol–water partition coefficient (Wildman–Crippen LogP) is 12.0. The van der Waals surface area contributed by atoms with E-state index in [-0.39, 0.29) is 81.8 Å². The van der Waals surface area contributed by atoms with E-state index >= 15 is 4.79 Å². The molecule has 1 aromatic heterocycles. The molecular formula is C57H75N3O6. The number of fused-ring (bicyclic) bond motifs is 7. The summed E-state index contributed by atoms with van der Waals surface area (Å²) in [4.78, 5) is 53.2. The lowest BCUT2D eigenvalue weighted by molar-refractivity contribution is -0.251. The number of ether oxygens (including phenoxy) is 2. The van der Waals surface area contributed by atoms with E-state index in [1.807, 2.05) is 55.6 Å². The Morgan fingerprint density at radius 2 is 1.56 bits per heavy atom. The van der Waals surface area contributed by atoms with Gasteiger partial charge in [0, 0.05) is 12.0 Å². The van der Waals surface area contributed by atoms with Crippen LogP contribution >= 0.6 is 0 Å². The van der Waals surface area contributed by atoms with Crippen LogP contribution in [-0.4, -0.2) is 50.5 Å². The van der Waals surface area contributed by atoms with E-state index in [0.29, 0.717) is 36.0 Å². The number of aromatic hydroxyl groups is 1. The Balaban J connectivity index is 0.843. The van der Waals surface area contributed by atoms with Crippen LogP contribution in [0.3, 0.4) is 0 Å². The summed E-state index contributed by atoms with van der Waals surface area (Å²) in [6.07, 6.45) is 14.6. The summed E-state index contributed by atoms with van der Waals surface area (Å²) in [5.74, 6) is 2.49. The fourth-order valence-corrected chi connectivity index (χ4v) is 17.0. The van der Waals surface area contributed by atoms with Crippen molar-refractivity contribution in [3.05, 3.63) is 84.3 Å². The van der Waals surface area contributed by atoms with Gasteiger partial charge in [-0.2, -0.15) is 0 Å². The fourth-order valence-electron chi connectivity index (χ4n) is 17.0. The van der Waals surface area contributed by atoms with Gasteiger partial charge in [-0.3, -0.25) is 14.4 Å². The first kappa shape index (κ1) is 45.4. The number of hydrogen-bond donors (Lipinski definition) is 2. The summed E-state index contributed by atoms with van der Waals surface area (Å²) in [5, 5.41) is 9.87. The number of esters is 2. The Morgan fingerprint density at radius 1 is 0.818 bits per heavy atom. The number of benzene rings is 2. The second-order valence-electron chi connectivity index (χ2n) is 23.9. The third kappa shape index (κ3) is 6.87. The fraction of sp³-hybridized carbons (Fsp3) is 0.649. The number of hydrogen-bond acceptors (Lipinski definition) is 7. The number of rotatable bonds is 9. The standard InChI is InChI=1S/C57H75N3O6/c1-34(2)39-22-27-57(52(64)60-30-12-15-44(60)49-58-32-43(59-49)37-16-18-38(61)19-17-37)29-28-55(7)42(48(39)57)20-21-46-54(6)25-24-47(53(4,5)45(54)23-26-56(46,55)8)66-51(63)41-31-40(35(41)3)50(62)65-33-36-13-10-9-11-14-36/h9-11,13-14,16-19,32,35,39-42,44-48,61H,1,12,15,20-31,33H2,2-8H3,(H,58,59)/t35?,39-,40?,41?,42+,44?,45?,46?,47-,48?,54-,55+,56+,57-/m0/s1. The molecular weight excluding hydrogens is 823 g/mol. The Hall–Kier alpha value is -4.40. The van der Waals surface area contributed by atoms with E-state index in [9.17, 15) is 14.7 Å². The maximum Gasteiger partial charge on any atom is 0.309 e. The molecule has 3 aromatic rings. The lowest BCUT2D eigenvalue weighted by Crippen LogP contribution is -2.67. The molecule has 1 saturated heterocycles. The number of phenolic OH excluding ortho intramolecular Hbond substituents is 1. The van der Waals surface area contributed by atoms with E-state index < -0.39 is 5.41 Å². The van der Waals surface area contributed by atoms with Crippen molar-refractivity contribution in [1.82, 2.24) is 14.9 Å². The molecule has 1 aliphatic heterocycles. The maximum atomic E-state index is 15.6. The van der Waals surface area contributed by atoms with Crippen LogP contribution in [0, 0.1) is 74.4 Å². The number of amides is 1. The smallest absolute Gasteiger partial charge is 0.309 e. The molecule has 14 atom stereocenters. The average molecular weight is 898 g/mol. The number of nitrogens with zero attached hydrogens (tertiary/aromatic N) is 2. The summed E-state index contributed by atoms with van der Waals surface area (Å²) < 4.78 is 12.2. The minimum absolute atomic E-state index is 0.0696. The molecule has 66 heavy (non-hydrogen) atoms. The third-order valence-corrected chi connectivity index (χ3v) is 20.9. The minimum Gasteiger partial charge on any atom is -0.508 e. The molecule has 9 nitrogen and oxygen atoms in total. The van der Waals surface area contributed by atoms with Crippen molar-refractivity contribution in [1.29, 1.82) is 0 Å². The number of likely N-dealkylation sites (tertiary alicyclic amines) is 1. The largest absolute Gasteiger partial charge is 0.508 e. The molecule has 7 unspecified atom stereocenters. The van der Waals surface area contributed by atoms with Crippen molar-refractivity contribution < 1.29 is 29.0 Å². The first-order chi connectivity index (χ1) is 31.4. The normalized spacial score (nSPS) is 39.9. The number of aromatic nitrogens is 2. The third-order valence-electron chi connectivity index (χ3n) is 20.9. The van der Waals surface area contributed by atoms with Gasteiger partial charge in [0.05, 0.1) is 35.2 Å². The maximum absolute atomic E-state index is 15.6. The van der Waals surface area contributed by atoms with Crippen LogP contribution in [0.1, 0.15) is 149 Å². The zero-order valence-electron chi connectivity index (χ0n) is 40.7. The Bertz CT molecular complexity index is 2360. The molecule has 2 N–H and O–H groups in total. The Kier molecular flexibility index (Phi) is 11.3. The van der Waals surface area contributed by atoms with Crippen LogP contribution in [-0.2, 0) is 30.5 Å². The van der Waals surface area contributed by atoms with Gasteiger partial charge < -0.3 is 24.5 Å². The van der Waals surface area contributed by atoms with Gasteiger partial charge in [-0.05, 0) is 178 Å². The van der Waals surface area contributed by atoms with Gasteiger partial charge in [0.25, 0.3) is 0 Å². The van der Waals surface area contributed by atoms with Gasteiger partial charge in [0.1, 0.15) is 24.3 Å². The number of allylic oxidation sites excluding steroid dienone is 1. The van der Waals surface area contributed by atoms with Gasteiger partial charge in [-0.15, -0.1) is 0 Å². The predicted molar refractivity (Wildman–Crippen MR) is 255 cm³/mol. The van der Waals surface area contributed by atoms with Gasteiger partial charge >= 0.3 is 11.9 Å². The minimum atomic E-state index is -0.391. The van der Waals surface area contributed by atoms with Crippen LogP contribution < -0.4 is 0 Å². The van der Waals surface area contributed by atoms with Crippen molar-refractivity contribution >= 4 is 17.8 Å². The van der Waals surface area contributed by atoms with Crippen molar-refractivity contribution in [3.8, 4) is 17.0 Å². The number of nitrogens with one attached hydrogen (secondary N) is 1. The quantitative estimate of drug-likeness (QED) is 0.162. The lowest BCUT2D eigenvalue weighted by atomic mass is 9.32. The van der Waals surface area contributed by atoms with E-state index in [1.165, 1.54) is 12.0 Å². The summed E-state index contributed by atoms with van der Waals surface area (Å²) in [6.45, 7) is 22.5. The van der Waals surface area contributed by atoms with Crippen LogP contribution in [0.25, 0.3) is 11.3 Å². The second-order valence-corrected chi connectivity index (χ2v) is 23.9. The zero-order valence-corrected chi connectivity index (χ0v) is 40.7. The first-order valence-corrected chi connectivity index (χ1v) is 25.6. The molecule has 354 valence electrons. The molecule has 6 aliphatic carbocycles. The number of imidazole rings is 1. The number of H-pyrrole nitrogens is 1. The highest BCUT2D eigenvalue weighted by Crippen LogP contribution is 2.78. The van der Waals surface area contributed by atoms with Gasteiger partial charge in [-0.1, -0.05) is 84.0 Å². The van der Waals surface area contributed by atoms with Gasteiger partial charge in [0.15, 0.2) is 0 Å². The summed E-state index contributed by atoms with van der Waals surface area (Å²) in [6, 6.07) is 16.9. The van der Waals surface area contributed by atoms with E-state index in [2.05, 4.69) is 58.0 Å². The van der Waals surface area contributed by atoms with Crippen molar-refractivity contribution in [3.63, 3.8) is 0 Å². The first-order valence-electron chi connectivity index (χ1n) is 25.6. The number of aromatic amines is 1. The van der Waals surface area contributed by atoms with E-state index in [4.69, 9.17) is 14.5 Å². The van der Waals surface area contributed by atoms with Crippen LogP contribution in [0.15, 0.2) is 72.9 Å². The molecule has 0 spiro atoms. The Morgan fingerprint density at radius 3 is 2.29 bits per heavy atom. The average Bonchev–Trinajstić information content (AvgIpc) is 4.07. The highest BCUT2D eigenvalue weighted by molar-refractivity contribution is 5.85. The van der Waals surface area contributed by atoms with E-state index in [0.717, 1.165) is 99.8 Å². The molecule has 2 heterocycles. The van der Waals surface area contributed by atoms with Gasteiger partial charge in [0.2, 0.25) is 5.91 Å². The molecule has 2 aromatic carbocycles. The van der Waals surface area contributed by atoms with Crippen LogP contribution in [0.2, 0.25) is 0 Å². The summed E-state index contributed by atoms with van der Waals surface area (Å²) in [5.41, 5.74) is 3.83. The SMILES string of the molecule is C=C(C)[C@@H]1CC[C@]2(C(=O)N3CCCC3c3ncc(-c4ccc(O)cc4)[nH]3)CC[C@]3(C)[C@H](CCC4[C@@]5(C)CC[C@H](OC(=O)C6CC(C(=O)OCc7ccccc7)C6C)C(C)(C)C5CC[C@]43C)C12. The van der Waals surface area contributed by atoms with Crippen molar-refractivity contribution in [2.75, 3.05) is 6.54 Å². The molecule has 10 rings (SSSR count). The Labute approximate surface area is 393 Å². The van der Waals surface area contributed by atoms with Crippen molar-refractivity contribution in [2.45, 2.75) is 151 Å². The van der Waals surface area contributed by atoms with Gasteiger partial charge in [-0.25, -0.2) is 4.98 Å². The molecule has 7 fully saturated rings. The molecule has 0 radical (unpaired) electrons. The number of carbonyl (C=O) groups excluding carboxylic acids is 3. The number of carbonyl (C=O) groups is 3.